The highest BCUT2D eigenvalue weighted by atomic mass is 35.5. The van der Waals surface area contributed by atoms with Crippen LogP contribution >= 0.6 is 11.6 Å². The molecule has 3 rings (SSSR count). The van der Waals surface area contributed by atoms with Crippen LogP contribution in [0, 0.1) is 5.82 Å². The maximum atomic E-state index is 13.1. The van der Waals surface area contributed by atoms with Crippen molar-refractivity contribution in [1.82, 2.24) is 5.32 Å². The van der Waals surface area contributed by atoms with Crippen molar-refractivity contribution in [3.63, 3.8) is 0 Å². The van der Waals surface area contributed by atoms with Gasteiger partial charge in [0.15, 0.2) is 0 Å². The largest absolute Gasteiger partial charge is 0.416 e. The predicted molar refractivity (Wildman–Crippen MR) is 108 cm³/mol. The zero-order valence-corrected chi connectivity index (χ0v) is 16.3. The predicted octanol–water partition coefficient (Wildman–Crippen LogP) is 5.97. The monoisotopic (exact) mass is 436 g/mol. The van der Waals surface area contributed by atoms with Gasteiger partial charge in [-0.25, -0.2) is 4.39 Å². The fourth-order valence-electron chi connectivity index (χ4n) is 2.83. The van der Waals surface area contributed by atoms with E-state index in [0.29, 0.717) is 5.56 Å². The van der Waals surface area contributed by atoms with Crippen LogP contribution in [0.1, 0.15) is 22.7 Å². The fraction of sp³-hybridized carbons (Fsp3) is 0.136. The van der Waals surface area contributed by atoms with Crippen LogP contribution in [0.2, 0.25) is 5.02 Å². The Kier molecular flexibility index (Phi) is 6.74. The molecule has 156 valence electrons. The van der Waals surface area contributed by atoms with Crippen LogP contribution in [-0.4, -0.2) is 5.91 Å². The Labute approximate surface area is 175 Å². The van der Waals surface area contributed by atoms with Crippen molar-refractivity contribution in [3.05, 3.63) is 100 Å². The maximum Gasteiger partial charge on any atom is 0.416 e. The number of alkyl halides is 3. The normalized spacial score (nSPS) is 12.4. The van der Waals surface area contributed by atoms with Crippen molar-refractivity contribution in [2.45, 2.75) is 18.8 Å². The highest BCUT2D eigenvalue weighted by Gasteiger charge is 2.31. The van der Waals surface area contributed by atoms with E-state index in [1.807, 2.05) is 0 Å². The molecule has 0 radical (unpaired) electrons. The molecule has 3 nitrogen and oxygen atoms in total. The lowest BCUT2D eigenvalue weighted by molar-refractivity contribution is -0.137. The summed E-state index contributed by atoms with van der Waals surface area (Å²) >= 11 is 5.99. The second-order valence-corrected chi connectivity index (χ2v) is 6.94. The number of carbonyl (C=O) groups is 1. The average Bonchev–Trinajstić information content (AvgIpc) is 2.71. The summed E-state index contributed by atoms with van der Waals surface area (Å²) in [5, 5.41) is 5.52. The van der Waals surface area contributed by atoms with Crippen LogP contribution in [-0.2, 0) is 17.5 Å². The van der Waals surface area contributed by atoms with E-state index in [1.165, 1.54) is 12.1 Å². The second-order valence-electron chi connectivity index (χ2n) is 6.53. The molecule has 30 heavy (non-hydrogen) atoms. The minimum absolute atomic E-state index is 0.0123. The molecule has 0 saturated carbocycles. The summed E-state index contributed by atoms with van der Waals surface area (Å²) in [7, 11) is 0. The first-order chi connectivity index (χ1) is 14.2. The summed E-state index contributed by atoms with van der Waals surface area (Å²) in [6, 6.07) is 16.3. The first-order valence-electron chi connectivity index (χ1n) is 8.94. The summed E-state index contributed by atoms with van der Waals surface area (Å²) in [5.74, 6) is -0.958. The third-order valence-electron chi connectivity index (χ3n) is 4.37. The lowest BCUT2D eigenvalue weighted by Gasteiger charge is -2.20. The lowest BCUT2D eigenvalue weighted by Crippen LogP contribution is -2.33. The van der Waals surface area contributed by atoms with Gasteiger partial charge in [0.05, 0.1) is 16.3 Å². The Morgan fingerprint density at radius 3 is 2.27 bits per heavy atom. The molecule has 1 atom stereocenters. The number of amides is 1. The van der Waals surface area contributed by atoms with Crippen molar-refractivity contribution in [1.29, 1.82) is 0 Å². The van der Waals surface area contributed by atoms with E-state index in [4.69, 9.17) is 11.6 Å². The van der Waals surface area contributed by atoms with Gasteiger partial charge < -0.3 is 5.32 Å². The van der Waals surface area contributed by atoms with Gasteiger partial charge in [0.25, 0.3) is 0 Å². The Morgan fingerprint density at radius 1 is 0.967 bits per heavy atom. The van der Waals surface area contributed by atoms with E-state index >= 15 is 0 Å². The quantitative estimate of drug-likeness (QED) is 0.467. The smallest absolute Gasteiger partial charge is 0.323 e. The molecule has 0 bridgehead atoms. The van der Waals surface area contributed by atoms with E-state index < -0.39 is 23.7 Å². The van der Waals surface area contributed by atoms with Gasteiger partial charge >= 0.3 is 6.18 Å². The number of nitrogens with one attached hydrogen (secondary N) is 2. The molecule has 3 aromatic rings. The molecule has 0 aliphatic carbocycles. The van der Waals surface area contributed by atoms with Gasteiger partial charge in [0.1, 0.15) is 11.9 Å². The molecular weight excluding hydrogens is 420 g/mol. The number of hydrogen-bond acceptors (Lipinski definition) is 2. The van der Waals surface area contributed by atoms with Gasteiger partial charge in [-0.15, -0.1) is 0 Å². The summed E-state index contributed by atoms with van der Waals surface area (Å²) in [4.78, 5) is 12.9. The molecule has 0 saturated heterocycles. The zero-order chi connectivity index (χ0) is 21.7. The highest BCUT2D eigenvalue weighted by Crippen LogP contribution is 2.34. The third-order valence-corrected chi connectivity index (χ3v) is 4.70. The van der Waals surface area contributed by atoms with E-state index in [2.05, 4.69) is 10.6 Å². The molecule has 0 fully saturated rings. The fourth-order valence-corrected chi connectivity index (χ4v) is 3.00. The minimum Gasteiger partial charge on any atom is -0.323 e. The first kappa shape index (κ1) is 21.8. The number of hydrogen-bond donors (Lipinski definition) is 2. The van der Waals surface area contributed by atoms with Gasteiger partial charge in [-0.05, 0) is 41.5 Å². The molecule has 0 aromatic heterocycles. The molecular formula is C22H17ClF4N2O. The number of halogens is 5. The number of anilines is 1. The van der Waals surface area contributed by atoms with Crippen molar-refractivity contribution >= 4 is 23.2 Å². The SMILES string of the molecule is O=C(Nc1cc(C(F)(F)F)ccc1Cl)[C@@H](NCc1ccc(F)cc1)c1ccccc1. The van der Waals surface area contributed by atoms with E-state index in [-0.39, 0.29) is 23.1 Å². The van der Waals surface area contributed by atoms with Crippen LogP contribution in [0.15, 0.2) is 72.8 Å². The molecule has 8 heteroatoms. The Bertz CT molecular complexity index is 1010. The minimum atomic E-state index is -4.57. The maximum absolute atomic E-state index is 13.1. The highest BCUT2D eigenvalue weighted by molar-refractivity contribution is 6.33. The zero-order valence-electron chi connectivity index (χ0n) is 15.5. The van der Waals surface area contributed by atoms with Crippen molar-refractivity contribution in [2.24, 2.45) is 0 Å². The summed E-state index contributed by atoms with van der Waals surface area (Å²) < 4.78 is 52.1. The molecule has 0 heterocycles. The van der Waals surface area contributed by atoms with E-state index in [0.717, 1.165) is 23.8 Å². The lowest BCUT2D eigenvalue weighted by atomic mass is 10.1. The average molecular weight is 437 g/mol. The van der Waals surface area contributed by atoms with Gasteiger partial charge in [0.2, 0.25) is 5.91 Å². The number of carbonyl (C=O) groups excluding carboxylic acids is 1. The summed E-state index contributed by atoms with van der Waals surface area (Å²) in [6.07, 6.45) is -4.57. The summed E-state index contributed by atoms with van der Waals surface area (Å²) in [6.45, 7) is 0.240. The molecule has 0 aliphatic rings. The van der Waals surface area contributed by atoms with Crippen LogP contribution in [0.5, 0.6) is 0 Å². The summed E-state index contributed by atoms with van der Waals surface area (Å²) in [5.41, 5.74) is 0.293. The molecule has 0 unspecified atom stereocenters. The Morgan fingerprint density at radius 2 is 1.63 bits per heavy atom. The Hall–Kier alpha value is -2.90. The van der Waals surface area contributed by atoms with Gasteiger partial charge in [0, 0.05) is 6.54 Å². The Balaban J connectivity index is 1.83. The van der Waals surface area contributed by atoms with Crippen LogP contribution in [0.4, 0.5) is 23.2 Å². The van der Waals surface area contributed by atoms with Gasteiger partial charge in [-0.2, -0.15) is 13.2 Å². The topological polar surface area (TPSA) is 41.1 Å². The van der Waals surface area contributed by atoms with Crippen LogP contribution in [0.25, 0.3) is 0 Å². The van der Waals surface area contributed by atoms with Crippen molar-refractivity contribution < 1.29 is 22.4 Å². The van der Waals surface area contributed by atoms with Crippen molar-refractivity contribution in [2.75, 3.05) is 5.32 Å². The second kappa shape index (κ2) is 9.28. The van der Waals surface area contributed by atoms with E-state index in [9.17, 15) is 22.4 Å². The number of benzene rings is 3. The van der Waals surface area contributed by atoms with Crippen molar-refractivity contribution in [3.8, 4) is 0 Å². The van der Waals surface area contributed by atoms with Gasteiger partial charge in [-0.3, -0.25) is 10.1 Å². The first-order valence-corrected chi connectivity index (χ1v) is 9.32. The number of rotatable bonds is 6. The molecule has 2 N–H and O–H groups in total. The standard InChI is InChI=1S/C22H17ClF4N2O/c23-18-11-8-16(22(25,26)27)12-19(18)29-21(30)20(15-4-2-1-3-5-15)28-13-14-6-9-17(24)10-7-14/h1-12,20,28H,13H2,(H,29,30)/t20-/m0/s1. The van der Waals surface area contributed by atoms with Crippen LogP contribution in [0.3, 0.4) is 0 Å². The molecule has 3 aromatic carbocycles. The molecule has 0 aliphatic heterocycles. The van der Waals surface area contributed by atoms with Gasteiger partial charge in [-0.1, -0.05) is 54.1 Å². The molecule has 0 spiro atoms. The van der Waals surface area contributed by atoms with E-state index in [1.54, 1.807) is 42.5 Å². The molecule has 1 amide bonds. The third kappa shape index (κ3) is 5.58. The van der Waals surface area contributed by atoms with Crippen LogP contribution < -0.4 is 10.6 Å².